The number of hydrogen-bond acceptors (Lipinski definition) is 2. The molecule has 1 atom stereocenters. The molecule has 0 heterocycles. The highest BCUT2D eigenvalue weighted by Gasteiger charge is 2.11. The lowest BCUT2D eigenvalue weighted by molar-refractivity contribution is 0.169. The maximum absolute atomic E-state index is 13.3. The predicted octanol–water partition coefficient (Wildman–Crippen LogP) is 4.54. The first-order valence-corrected chi connectivity index (χ1v) is 7.83. The Morgan fingerprint density at radius 2 is 1.90 bits per heavy atom. The summed E-state index contributed by atoms with van der Waals surface area (Å²) in [5.74, 6) is -0.237. The molecule has 112 valence electrons. The van der Waals surface area contributed by atoms with Crippen molar-refractivity contribution in [3.05, 3.63) is 64.4 Å². The number of aliphatic hydroxyl groups is 1. The van der Waals surface area contributed by atoms with Crippen LogP contribution in [-0.4, -0.2) is 18.2 Å². The summed E-state index contributed by atoms with van der Waals surface area (Å²) in [7, 11) is 0. The first-order valence-electron chi connectivity index (χ1n) is 7.04. The van der Waals surface area contributed by atoms with Crippen molar-refractivity contribution in [1.82, 2.24) is 0 Å². The molecule has 0 aliphatic rings. The second-order valence-corrected chi connectivity index (χ2v) is 5.83. The average molecular weight is 352 g/mol. The zero-order valence-corrected chi connectivity index (χ0v) is 13.6. The fraction of sp³-hybridized carbons (Fsp3) is 0.294. The molecule has 0 radical (unpaired) electrons. The SMILES string of the molecule is CCN(CCC(O)c1ccc(Br)cc1)c1cccc(F)c1. The van der Waals surface area contributed by atoms with Gasteiger partial charge in [-0.25, -0.2) is 4.39 Å². The Morgan fingerprint density at radius 3 is 2.52 bits per heavy atom. The number of nitrogens with zero attached hydrogens (tertiary/aromatic N) is 1. The van der Waals surface area contributed by atoms with E-state index in [0.29, 0.717) is 13.0 Å². The Bertz CT molecular complexity index is 573. The zero-order valence-electron chi connectivity index (χ0n) is 12.0. The third kappa shape index (κ3) is 4.55. The molecule has 0 amide bonds. The van der Waals surface area contributed by atoms with E-state index < -0.39 is 6.10 Å². The maximum atomic E-state index is 13.3. The lowest BCUT2D eigenvalue weighted by Gasteiger charge is -2.24. The van der Waals surface area contributed by atoms with Crippen LogP contribution in [0.25, 0.3) is 0 Å². The van der Waals surface area contributed by atoms with E-state index in [0.717, 1.165) is 22.3 Å². The smallest absolute Gasteiger partial charge is 0.125 e. The van der Waals surface area contributed by atoms with Crippen molar-refractivity contribution < 1.29 is 9.50 Å². The summed E-state index contributed by atoms with van der Waals surface area (Å²) in [6.07, 6.45) is 0.0899. The van der Waals surface area contributed by atoms with Gasteiger partial charge in [0.25, 0.3) is 0 Å². The van der Waals surface area contributed by atoms with Gasteiger partial charge in [-0.2, -0.15) is 0 Å². The van der Waals surface area contributed by atoms with Gasteiger partial charge in [-0.1, -0.05) is 34.1 Å². The van der Waals surface area contributed by atoms with E-state index in [1.807, 2.05) is 37.3 Å². The van der Waals surface area contributed by atoms with E-state index in [-0.39, 0.29) is 5.82 Å². The van der Waals surface area contributed by atoms with Gasteiger partial charge < -0.3 is 10.0 Å². The second-order valence-electron chi connectivity index (χ2n) is 4.92. The highest BCUT2D eigenvalue weighted by atomic mass is 79.9. The minimum absolute atomic E-state index is 0.237. The number of anilines is 1. The summed E-state index contributed by atoms with van der Waals surface area (Å²) >= 11 is 3.38. The third-order valence-electron chi connectivity index (χ3n) is 3.48. The molecule has 2 aromatic carbocycles. The summed E-state index contributed by atoms with van der Waals surface area (Å²) in [6.45, 7) is 3.48. The van der Waals surface area contributed by atoms with Crippen LogP contribution in [0, 0.1) is 5.82 Å². The molecule has 0 saturated carbocycles. The standard InChI is InChI=1S/C17H19BrFNO/c1-2-20(16-5-3-4-15(19)12-16)11-10-17(21)13-6-8-14(18)9-7-13/h3-9,12,17,21H,2,10-11H2,1H3. The molecule has 2 rings (SSSR count). The highest BCUT2D eigenvalue weighted by Crippen LogP contribution is 2.22. The zero-order chi connectivity index (χ0) is 15.2. The summed E-state index contributed by atoms with van der Waals surface area (Å²) in [5.41, 5.74) is 1.74. The fourth-order valence-electron chi connectivity index (χ4n) is 2.27. The number of rotatable bonds is 6. The van der Waals surface area contributed by atoms with Crippen molar-refractivity contribution in [3.63, 3.8) is 0 Å². The van der Waals surface area contributed by atoms with Crippen molar-refractivity contribution in [1.29, 1.82) is 0 Å². The molecular formula is C17H19BrFNO. The molecule has 4 heteroatoms. The average Bonchev–Trinajstić information content (AvgIpc) is 2.48. The molecule has 1 unspecified atom stereocenters. The lowest BCUT2D eigenvalue weighted by atomic mass is 10.1. The van der Waals surface area contributed by atoms with E-state index >= 15 is 0 Å². The Balaban J connectivity index is 1.98. The number of hydrogen-bond donors (Lipinski definition) is 1. The van der Waals surface area contributed by atoms with Crippen LogP contribution in [-0.2, 0) is 0 Å². The third-order valence-corrected chi connectivity index (χ3v) is 4.01. The number of aliphatic hydroxyl groups excluding tert-OH is 1. The van der Waals surface area contributed by atoms with Gasteiger partial charge in [0.1, 0.15) is 5.82 Å². The molecular weight excluding hydrogens is 333 g/mol. The second kappa shape index (κ2) is 7.57. The van der Waals surface area contributed by atoms with Gasteiger partial charge >= 0.3 is 0 Å². The molecule has 0 aromatic heterocycles. The van der Waals surface area contributed by atoms with Crippen molar-refractivity contribution in [2.45, 2.75) is 19.4 Å². The Kier molecular flexibility index (Phi) is 5.76. The van der Waals surface area contributed by atoms with Crippen LogP contribution in [0.2, 0.25) is 0 Å². The van der Waals surface area contributed by atoms with Gasteiger partial charge in [0.15, 0.2) is 0 Å². The largest absolute Gasteiger partial charge is 0.388 e. The van der Waals surface area contributed by atoms with Gasteiger partial charge in [-0.05, 0) is 49.2 Å². The number of halogens is 2. The minimum Gasteiger partial charge on any atom is -0.388 e. The highest BCUT2D eigenvalue weighted by molar-refractivity contribution is 9.10. The number of benzene rings is 2. The van der Waals surface area contributed by atoms with Crippen LogP contribution >= 0.6 is 15.9 Å². The minimum atomic E-state index is -0.513. The van der Waals surface area contributed by atoms with Crippen molar-refractivity contribution in [2.75, 3.05) is 18.0 Å². The Hall–Kier alpha value is -1.39. The van der Waals surface area contributed by atoms with E-state index in [4.69, 9.17) is 0 Å². The molecule has 0 aliphatic heterocycles. The molecule has 21 heavy (non-hydrogen) atoms. The molecule has 0 bridgehead atoms. The fourth-order valence-corrected chi connectivity index (χ4v) is 2.54. The summed E-state index contributed by atoms with van der Waals surface area (Å²) in [6, 6.07) is 14.2. The maximum Gasteiger partial charge on any atom is 0.125 e. The first kappa shape index (κ1) is 16.0. The molecule has 0 fully saturated rings. The van der Waals surface area contributed by atoms with Crippen molar-refractivity contribution in [3.8, 4) is 0 Å². The quantitative estimate of drug-likeness (QED) is 0.825. The van der Waals surface area contributed by atoms with Crippen LogP contribution in [0.4, 0.5) is 10.1 Å². The summed E-state index contributed by atoms with van der Waals surface area (Å²) in [4.78, 5) is 2.06. The van der Waals surface area contributed by atoms with Crippen LogP contribution in [0.1, 0.15) is 25.0 Å². The Labute approximate surface area is 133 Å². The normalized spacial score (nSPS) is 12.2. The van der Waals surface area contributed by atoms with Gasteiger partial charge in [-0.15, -0.1) is 0 Å². The van der Waals surface area contributed by atoms with Crippen LogP contribution in [0.15, 0.2) is 53.0 Å². The van der Waals surface area contributed by atoms with E-state index in [9.17, 15) is 9.50 Å². The monoisotopic (exact) mass is 351 g/mol. The van der Waals surface area contributed by atoms with E-state index in [2.05, 4.69) is 20.8 Å². The van der Waals surface area contributed by atoms with E-state index in [1.165, 1.54) is 12.1 Å². The summed E-state index contributed by atoms with van der Waals surface area (Å²) < 4.78 is 14.3. The molecule has 2 nitrogen and oxygen atoms in total. The van der Waals surface area contributed by atoms with E-state index in [1.54, 1.807) is 6.07 Å². The van der Waals surface area contributed by atoms with Crippen molar-refractivity contribution >= 4 is 21.6 Å². The van der Waals surface area contributed by atoms with Gasteiger partial charge in [0, 0.05) is 23.2 Å². The molecule has 0 saturated heterocycles. The lowest BCUT2D eigenvalue weighted by Crippen LogP contribution is -2.25. The Morgan fingerprint density at radius 1 is 1.19 bits per heavy atom. The van der Waals surface area contributed by atoms with Gasteiger partial charge in [0.05, 0.1) is 6.10 Å². The topological polar surface area (TPSA) is 23.5 Å². The van der Waals surface area contributed by atoms with Gasteiger partial charge in [0.2, 0.25) is 0 Å². The summed E-state index contributed by atoms with van der Waals surface area (Å²) in [5, 5.41) is 10.2. The van der Waals surface area contributed by atoms with Crippen LogP contribution in [0.5, 0.6) is 0 Å². The van der Waals surface area contributed by atoms with Crippen LogP contribution < -0.4 is 4.90 Å². The molecule has 0 spiro atoms. The predicted molar refractivity (Wildman–Crippen MR) is 88.0 cm³/mol. The molecule has 0 aliphatic carbocycles. The molecule has 1 N–H and O–H groups in total. The van der Waals surface area contributed by atoms with Crippen molar-refractivity contribution in [2.24, 2.45) is 0 Å². The first-order chi connectivity index (χ1) is 10.1. The van der Waals surface area contributed by atoms with Gasteiger partial charge in [-0.3, -0.25) is 0 Å². The van der Waals surface area contributed by atoms with Crippen LogP contribution in [0.3, 0.4) is 0 Å². The molecule has 2 aromatic rings.